The molecule has 0 aromatic heterocycles. The van der Waals surface area contributed by atoms with Crippen LogP contribution in [0.15, 0.2) is 24.3 Å². The van der Waals surface area contributed by atoms with Crippen molar-refractivity contribution in [3.63, 3.8) is 0 Å². The molecule has 0 saturated heterocycles. The third kappa shape index (κ3) is 5.11. The van der Waals surface area contributed by atoms with Crippen LogP contribution in [0, 0.1) is 0 Å². The fourth-order valence-electron chi connectivity index (χ4n) is 2.19. The molecule has 0 bridgehead atoms. The van der Waals surface area contributed by atoms with Gasteiger partial charge in [-0.3, -0.25) is 9.59 Å². The molecule has 3 amide bonds. The Morgan fingerprint density at radius 1 is 1.04 bits per heavy atom. The van der Waals surface area contributed by atoms with E-state index in [4.69, 9.17) is 4.74 Å². The van der Waals surface area contributed by atoms with Gasteiger partial charge in [0.15, 0.2) is 0 Å². The number of rotatable bonds is 5. The van der Waals surface area contributed by atoms with Crippen LogP contribution in [-0.4, -0.2) is 43.6 Å². The second-order valence-electron chi connectivity index (χ2n) is 5.81. The Bertz CT molecular complexity index is 690. The standard InChI is InChI=1S/C16H20F3N3O4/c1-15(2,26-14(25)21-4)11(13(24)20-3)22-12(23)9-7-5-6-8-10(9)16(17,18)19/h5-8,11H,1-4H3,(H,20,24)(H,21,25)(H,22,23). The quantitative estimate of drug-likeness (QED) is 0.730. The maximum atomic E-state index is 13.1. The van der Waals surface area contributed by atoms with Crippen molar-refractivity contribution in [3.8, 4) is 0 Å². The molecule has 0 heterocycles. The molecule has 0 aliphatic rings. The van der Waals surface area contributed by atoms with Gasteiger partial charge >= 0.3 is 12.3 Å². The van der Waals surface area contributed by atoms with Crippen molar-refractivity contribution in [2.75, 3.05) is 14.1 Å². The lowest BCUT2D eigenvalue weighted by molar-refractivity contribution is -0.137. The van der Waals surface area contributed by atoms with Gasteiger partial charge in [0.25, 0.3) is 5.91 Å². The predicted molar refractivity (Wildman–Crippen MR) is 86.4 cm³/mol. The molecule has 0 saturated carbocycles. The predicted octanol–water partition coefficient (Wildman–Crippen LogP) is 1.68. The van der Waals surface area contributed by atoms with Gasteiger partial charge in [-0.2, -0.15) is 13.2 Å². The lowest BCUT2D eigenvalue weighted by Gasteiger charge is -2.33. The summed E-state index contributed by atoms with van der Waals surface area (Å²) in [5.74, 6) is -1.86. The molecule has 1 rings (SSSR count). The van der Waals surface area contributed by atoms with E-state index in [2.05, 4.69) is 16.0 Å². The maximum Gasteiger partial charge on any atom is 0.417 e. The van der Waals surface area contributed by atoms with Gasteiger partial charge < -0.3 is 20.7 Å². The molecular weight excluding hydrogens is 355 g/mol. The zero-order valence-electron chi connectivity index (χ0n) is 14.7. The van der Waals surface area contributed by atoms with Crippen molar-refractivity contribution in [1.82, 2.24) is 16.0 Å². The first-order valence-electron chi connectivity index (χ1n) is 7.53. The summed E-state index contributed by atoms with van der Waals surface area (Å²) in [6.45, 7) is 2.69. The third-order valence-corrected chi connectivity index (χ3v) is 3.52. The van der Waals surface area contributed by atoms with Gasteiger partial charge in [-0.25, -0.2) is 4.79 Å². The molecule has 1 atom stereocenters. The molecule has 1 aromatic rings. The van der Waals surface area contributed by atoms with E-state index in [1.807, 2.05) is 0 Å². The van der Waals surface area contributed by atoms with Crippen LogP contribution in [0.2, 0.25) is 0 Å². The SMILES string of the molecule is CNC(=O)OC(C)(C)C(NC(=O)c1ccccc1C(F)(F)F)C(=O)NC. The highest BCUT2D eigenvalue weighted by atomic mass is 19.4. The minimum absolute atomic E-state index is 0.648. The monoisotopic (exact) mass is 375 g/mol. The molecule has 26 heavy (non-hydrogen) atoms. The normalized spacial score (nSPS) is 12.7. The minimum atomic E-state index is -4.75. The molecule has 1 aromatic carbocycles. The average Bonchev–Trinajstić information content (AvgIpc) is 2.57. The summed E-state index contributed by atoms with van der Waals surface area (Å²) in [5.41, 5.74) is -3.33. The topological polar surface area (TPSA) is 96.5 Å². The summed E-state index contributed by atoms with van der Waals surface area (Å²) in [6, 6.07) is 2.74. The molecule has 144 valence electrons. The molecule has 0 spiro atoms. The van der Waals surface area contributed by atoms with Gasteiger partial charge in [0.2, 0.25) is 5.91 Å². The van der Waals surface area contributed by atoms with Gasteiger partial charge in [-0.05, 0) is 26.0 Å². The Balaban J connectivity index is 3.20. The minimum Gasteiger partial charge on any atom is -0.441 e. The summed E-state index contributed by atoms with van der Waals surface area (Å²) in [4.78, 5) is 36.0. The number of alkyl carbamates (subject to hydrolysis) is 1. The van der Waals surface area contributed by atoms with Crippen molar-refractivity contribution in [2.24, 2.45) is 0 Å². The zero-order valence-corrected chi connectivity index (χ0v) is 14.7. The van der Waals surface area contributed by atoms with Crippen LogP contribution in [0.25, 0.3) is 0 Å². The van der Waals surface area contributed by atoms with E-state index in [0.29, 0.717) is 0 Å². The van der Waals surface area contributed by atoms with Crippen LogP contribution in [0.5, 0.6) is 0 Å². The molecular formula is C16H20F3N3O4. The maximum absolute atomic E-state index is 13.1. The van der Waals surface area contributed by atoms with Crippen LogP contribution < -0.4 is 16.0 Å². The number of carbonyl (C=O) groups excluding carboxylic acids is 3. The van der Waals surface area contributed by atoms with Gasteiger partial charge in [0.05, 0.1) is 11.1 Å². The van der Waals surface area contributed by atoms with E-state index in [-0.39, 0.29) is 0 Å². The van der Waals surface area contributed by atoms with Crippen LogP contribution in [-0.2, 0) is 15.7 Å². The van der Waals surface area contributed by atoms with E-state index in [1.54, 1.807) is 0 Å². The lowest BCUT2D eigenvalue weighted by Crippen LogP contribution is -2.59. The van der Waals surface area contributed by atoms with Crippen LogP contribution >= 0.6 is 0 Å². The zero-order chi connectivity index (χ0) is 20.1. The summed E-state index contributed by atoms with van der Waals surface area (Å²) in [6.07, 6.45) is -5.61. The van der Waals surface area contributed by atoms with Gasteiger partial charge in [-0.15, -0.1) is 0 Å². The number of ether oxygens (including phenoxy) is 1. The second kappa shape index (κ2) is 8.07. The summed E-state index contributed by atoms with van der Waals surface area (Å²) in [5, 5.41) is 6.68. The Kier molecular flexibility index (Phi) is 6.60. The number of carbonyl (C=O) groups is 3. The van der Waals surface area contributed by atoms with Crippen LogP contribution in [0.4, 0.5) is 18.0 Å². The molecule has 0 aliphatic heterocycles. The number of benzene rings is 1. The largest absolute Gasteiger partial charge is 0.441 e. The molecule has 0 fully saturated rings. The van der Waals surface area contributed by atoms with Crippen molar-refractivity contribution in [3.05, 3.63) is 35.4 Å². The summed E-state index contributed by atoms with van der Waals surface area (Å²) < 4.78 is 44.3. The third-order valence-electron chi connectivity index (χ3n) is 3.52. The highest BCUT2D eigenvalue weighted by Crippen LogP contribution is 2.32. The second-order valence-corrected chi connectivity index (χ2v) is 5.81. The van der Waals surface area contributed by atoms with Crippen molar-refractivity contribution >= 4 is 17.9 Å². The first-order valence-corrected chi connectivity index (χ1v) is 7.53. The van der Waals surface area contributed by atoms with Crippen LogP contribution in [0.1, 0.15) is 29.8 Å². The number of hydrogen-bond donors (Lipinski definition) is 3. The first kappa shape index (κ1) is 21.3. The molecule has 0 radical (unpaired) electrons. The lowest BCUT2D eigenvalue weighted by atomic mass is 9.96. The summed E-state index contributed by atoms with van der Waals surface area (Å²) >= 11 is 0. The van der Waals surface area contributed by atoms with E-state index in [1.165, 1.54) is 34.0 Å². The van der Waals surface area contributed by atoms with Gasteiger partial charge in [0.1, 0.15) is 11.6 Å². The number of likely N-dealkylation sites (N-methyl/N-ethyl adjacent to an activating group) is 1. The number of hydrogen-bond acceptors (Lipinski definition) is 4. The van der Waals surface area contributed by atoms with E-state index < -0.39 is 46.9 Å². The number of nitrogens with one attached hydrogen (secondary N) is 3. The van der Waals surface area contributed by atoms with Crippen LogP contribution in [0.3, 0.4) is 0 Å². The Morgan fingerprint density at radius 2 is 1.62 bits per heavy atom. The first-order chi connectivity index (χ1) is 11.9. The Morgan fingerprint density at radius 3 is 2.12 bits per heavy atom. The molecule has 7 nitrogen and oxygen atoms in total. The Labute approximate surface area is 148 Å². The molecule has 0 aliphatic carbocycles. The average molecular weight is 375 g/mol. The number of halogens is 3. The van der Waals surface area contributed by atoms with Crippen molar-refractivity contribution in [1.29, 1.82) is 0 Å². The fraction of sp³-hybridized carbons (Fsp3) is 0.438. The number of alkyl halides is 3. The number of amides is 3. The molecule has 3 N–H and O–H groups in total. The highest BCUT2D eigenvalue weighted by molar-refractivity contribution is 5.99. The van der Waals surface area contributed by atoms with Crippen molar-refractivity contribution in [2.45, 2.75) is 31.7 Å². The summed E-state index contributed by atoms with van der Waals surface area (Å²) in [7, 11) is 2.58. The van der Waals surface area contributed by atoms with Gasteiger partial charge in [-0.1, -0.05) is 12.1 Å². The van der Waals surface area contributed by atoms with E-state index in [9.17, 15) is 27.6 Å². The fourth-order valence-corrected chi connectivity index (χ4v) is 2.19. The van der Waals surface area contributed by atoms with Gasteiger partial charge in [0, 0.05) is 14.1 Å². The highest BCUT2D eigenvalue weighted by Gasteiger charge is 2.41. The smallest absolute Gasteiger partial charge is 0.417 e. The van der Waals surface area contributed by atoms with E-state index in [0.717, 1.165) is 18.2 Å². The van der Waals surface area contributed by atoms with Crippen molar-refractivity contribution < 1.29 is 32.3 Å². The van der Waals surface area contributed by atoms with E-state index >= 15 is 0 Å². The molecule has 10 heteroatoms. The molecule has 1 unspecified atom stereocenters. The Hall–Kier alpha value is -2.78.